The molecule has 3 rings (SSSR count). The molecule has 2 aliphatic rings. The standard InChI is InChI=1S/C15H21N3O2/c16-15(19)12-6-10-20-14(12)11-4-8-18(9-5-11)13-3-1-2-7-17-13/h1-3,7,11-12,14H,4-6,8-10H2,(H2,16,19)/t12-,14+/m0/s1. The molecule has 1 aromatic rings. The second kappa shape index (κ2) is 5.79. The van der Waals surface area contributed by atoms with E-state index in [1.807, 2.05) is 24.4 Å². The fourth-order valence-corrected chi connectivity index (χ4v) is 3.38. The van der Waals surface area contributed by atoms with Crippen LogP contribution in [0.15, 0.2) is 24.4 Å². The Kier molecular flexibility index (Phi) is 3.87. The van der Waals surface area contributed by atoms with Crippen LogP contribution in [-0.2, 0) is 9.53 Å². The van der Waals surface area contributed by atoms with E-state index in [1.54, 1.807) is 0 Å². The predicted octanol–water partition coefficient (Wildman–Crippen LogP) is 1.19. The molecule has 2 N–H and O–H groups in total. The number of aromatic nitrogens is 1. The summed E-state index contributed by atoms with van der Waals surface area (Å²) in [6, 6.07) is 5.98. The lowest BCUT2D eigenvalue weighted by Crippen LogP contribution is -2.42. The quantitative estimate of drug-likeness (QED) is 0.899. The third-order valence-electron chi connectivity index (χ3n) is 4.48. The topological polar surface area (TPSA) is 68.5 Å². The number of nitrogens with zero attached hydrogens (tertiary/aromatic N) is 2. The maximum Gasteiger partial charge on any atom is 0.223 e. The van der Waals surface area contributed by atoms with Gasteiger partial charge in [0.15, 0.2) is 0 Å². The molecule has 2 atom stereocenters. The third kappa shape index (κ3) is 2.63. The van der Waals surface area contributed by atoms with E-state index in [0.29, 0.717) is 12.5 Å². The lowest BCUT2D eigenvalue weighted by molar-refractivity contribution is -0.124. The van der Waals surface area contributed by atoms with Crippen LogP contribution in [0.1, 0.15) is 19.3 Å². The Hall–Kier alpha value is -1.62. The van der Waals surface area contributed by atoms with Gasteiger partial charge in [-0.05, 0) is 37.3 Å². The fourth-order valence-electron chi connectivity index (χ4n) is 3.38. The predicted molar refractivity (Wildman–Crippen MR) is 76.2 cm³/mol. The molecule has 1 aromatic heterocycles. The van der Waals surface area contributed by atoms with E-state index >= 15 is 0 Å². The minimum atomic E-state index is -0.209. The number of amides is 1. The monoisotopic (exact) mass is 275 g/mol. The number of piperidine rings is 1. The van der Waals surface area contributed by atoms with Crippen molar-refractivity contribution < 1.29 is 9.53 Å². The molecule has 2 fully saturated rings. The van der Waals surface area contributed by atoms with Crippen molar-refractivity contribution in [2.75, 3.05) is 24.6 Å². The van der Waals surface area contributed by atoms with Crippen LogP contribution in [0.25, 0.3) is 0 Å². The van der Waals surface area contributed by atoms with E-state index in [2.05, 4.69) is 9.88 Å². The number of nitrogens with two attached hydrogens (primary N) is 1. The molecule has 5 heteroatoms. The number of carbonyl (C=O) groups excluding carboxylic acids is 1. The first-order chi connectivity index (χ1) is 9.75. The second-order valence-corrected chi connectivity index (χ2v) is 5.65. The first-order valence-electron chi connectivity index (χ1n) is 7.32. The van der Waals surface area contributed by atoms with E-state index in [4.69, 9.17) is 10.5 Å². The molecule has 2 saturated heterocycles. The van der Waals surface area contributed by atoms with Gasteiger partial charge in [0.2, 0.25) is 5.91 Å². The molecule has 0 bridgehead atoms. The van der Waals surface area contributed by atoms with E-state index in [-0.39, 0.29) is 17.9 Å². The highest BCUT2D eigenvalue weighted by Gasteiger charge is 2.39. The summed E-state index contributed by atoms with van der Waals surface area (Å²) in [6.45, 7) is 2.60. The normalized spacial score (nSPS) is 27.7. The molecule has 20 heavy (non-hydrogen) atoms. The van der Waals surface area contributed by atoms with Crippen molar-refractivity contribution in [3.63, 3.8) is 0 Å². The summed E-state index contributed by atoms with van der Waals surface area (Å²) in [5.41, 5.74) is 5.47. The van der Waals surface area contributed by atoms with Gasteiger partial charge in [0.05, 0.1) is 12.0 Å². The number of ether oxygens (including phenoxy) is 1. The highest BCUT2D eigenvalue weighted by Crippen LogP contribution is 2.33. The Morgan fingerprint density at radius 2 is 2.10 bits per heavy atom. The first kappa shape index (κ1) is 13.4. The molecule has 1 amide bonds. The summed E-state index contributed by atoms with van der Waals surface area (Å²) in [5, 5.41) is 0. The SMILES string of the molecule is NC(=O)[C@H]1CCO[C@@H]1C1CCN(c2ccccn2)CC1. The smallest absolute Gasteiger partial charge is 0.223 e. The summed E-state index contributed by atoms with van der Waals surface area (Å²) in [7, 11) is 0. The maximum absolute atomic E-state index is 11.5. The van der Waals surface area contributed by atoms with Crippen molar-refractivity contribution in [2.45, 2.75) is 25.4 Å². The summed E-state index contributed by atoms with van der Waals surface area (Å²) >= 11 is 0. The largest absolute Gasteiger partial charge is 0.377 e. The van der Waals surface area contributed by atoms with Crippen LogP contribution in [-0.4, -0.2) is 36.7 Å². The third-order valence-corrected chi connectivity index (χ3v) is 4.48. The number of hydrogen-bond donors (Lipinski definition) is 1. The Morgan fingerprint density at radius 3 is 2.75 bits per heavy atom. The minimum absolute atomic E-state index is 0.0263. The summed E-state index contributed by atoms with van der Waals surface area (Å²) in [5.74, 6) is 1.17. The van der Waals surface area contributed by atoms with E-state index < -0.39 is 0 Å². The van der Waals surface area contributed by atoms with Crippen LogP contribution in [0.2, 0.25) is 0 Å². The highest BCUT2D eigenvalue weighted by atomic mass is 16.5. The molecular formula is C15H21N3O2. The summed E-state index contributed by atoms with van der Waals surface area (Å²) in [4.78, 5) is 18.1. The Morgan fingerprint density at radius 1 is 1.30 bits per heavy atom. The van der Waals surface area contributed by atoms with Crippen LogP contribution in [0.5, 0.6) is 0 Å². The van der Waals surface area contributed by atoms with Gasteiger partial charge in [0, 0.05) is 25.9 Å². The molecule has 0 aliphatic carbocycles. The number of hydrogen-bond acceptors (Lipinski definition) is 4. The number of pyridine rings is 1. The number of anilines is 1. The molecule has 5 nitrogen and oxygen atoms in total. The fraction of sp³-hybridized carbons (Fsp3) is 0.600. The zero-order chi connectivity index (χ0) is 13.9. The lowest BCUT2D eigenvalue weighted by Gasteiger charge is -2.36. The Labute approximate surface area is 119 Å². The van der Waals surface area contributed by atoms with Gasteiger partial charge in [-0.1, -0.05) is 6.07 Å². The van der Waals surface area contributed by atoms with Gasteiger partial charge in [-0.15, -0.1) is 0 Å². The molecule has 0 unspecified atom stereocenters. The van der Waals surface area contributed by atoms with Gasteiger partial charge >= 0.3 is 0 Å². The molecule has 108 valence electrons. The van der Waals surface area contributed by atoms with Crippen molar-refractivity contribution in [1.29, 1.82) is 0 Å². The number of primary amides is 1. The average molecular weight is 275 g/mol. The van der Waals surface area contributed by atoms with Crippen LogP contribution < -0.4 is 10.6 Å². The van der Waals surface area contributed by atoms with E-state index in [1.165, 1.54) is 0 Å². The van der Waals surface area contributed by atoms with Crippen molar-refractivity contribution in [3.8, 4) is 0 Å². The molecule has 0 aromatic carbocycles. The number of rotatable bonds is 3. The minimum Gasteiger partial charge on any atom is -0.377 e. The van der Waals surface area contributed by atoms with Crippen LogP contribution in [0.3, 0.4) is 0 Å². The molecular weight excluding hydrogens is 254 g/mol. The van der Waals surface area contributed by atoms with Crippen LogP contribution in [0, 0.1) is 11.8 Å². The van der Waals surface area contributed by atoms with Crippen molar-refractivity contribution >= 4 is 11.7 Å². The van der Waals surface area contributed by atoms with Gasteiger partial charge in [-0.2, -0.15) is 0 Å². The molecule has 3 heterocycles. The molecule has 2 aliphatic heterocycles. The molecule has 0 spiro atoms. The maximum atomic E-state index is 11.5. The van der Waals surface area contributed by atoms with Gasteiger partial charge in [0.1, 0.15) is 5.82 Å². The van der Waals surface area contributed by atoms with Crippen LogP contribution >= 0.6 is 0 Å². The zero-order valence-electron chi connectivity index (χ0n) is 11.6. The van der Waals surface area contributed by atoms with Crippen LogP contribution in [0.4, 0.5) is 5.82 Å². The average Bonchev–Trinajstić information content (AvgIpc) is 2.98. The van der Waals surface area contributed by atoms with E-state index in [9.17, 15) is 4.79 Å². The van der Waals surface area contributed by atoms with Gasteiger partial charge in [0.25, 0.3) is 0 Å². The van der Waals surface area contributed by atoms with Crippen molar-refractivity contribution in [1.82, 2.24) is 4.98 Å². The zero-order valence-corrected chi connectivity index (χ0v) is 11.6. The van der Waals surface area contributed by atoms with E-state index in [0.717, 1.165) is 38.2 Å². The van der Waals surface area contributed by atoms with Gasteiger partial charge < -0.3 is 15.4 Å². The molecule has 0 radical (unpaired) electrons. The lowest BCUT2D eigenvalue weighted by atomic mass is 9.84. The van der Waals surface area contributed by atoms with Gasteiger partial charge in [-0.25, -0.2) is 4.98 Å². The number of carbonyl (C=O) groups is 1. The Balaban J connectivity index is 1.60. The second-order valence-electron chi connectivity index (χ2n) is 5.65. The first-order valence-corrected chi connectivity index (χ1v) is 7.32. The highest BCUT2D eigenvalue weighted by molar-refractivity contribution is 5.77. The van der Waals surface area contributed by atoms with Crippen molar-refractivity contribution in [3.05, 3.63) is 24.4 Å². The molecule has 0 saturated carbocycles. The summed E-state index contributed by atoms with van der Waals surface area (Å²) < 4.78 is 5.77. The Bertz CT molecular complexity index is 457. The van der Waals surface area contributed by atoms with Crippen molar-refractivity contribution in [2.24, 2.45) is 17.6 Å². The summed E-state index contributed by atoms with van der Waals surface area (Å²) in [6.07, 6.45) is 4.69. The van der Waals surface area contributed by atoms with Gasteiger partial charge in [-0.3, -0.25) is 4.79 Å².